The Bertz CT molecular complexity index is 755. The quantitative estimate of drug-likeness (QED) is 0.647. The monoisotopic (exact) mass is 374 g/mol. The van der Waals surface area contributed by atoms with E-state index in [1.54, 1.807) is 36.4 Å². The maximum Gasteiger partial charge on any atom is 0.326 e. The minimum Gasteiger partial charge on any atom is -0.494 e. The summed E-state index contributed by atoms with van der Waals surface area (Å²) < 4.78 is 15.4. The first-order valence-electron chi connectivity index (χ1n) is 8.50. The van der Waals surface area contributed by atoms with Crippen LogP contribution in [0.3, 0.4) is 0 Å². The molecule has 1 heterocycles. The number of hydrogen-bond acceptors (Lipinski definition) is 6. The van der Waals surface area contributed by atoms with Crippen LogP contribution in [0.5, 0.6) is 5.75 Å². The first kappa shape index (κ1) is 20.0. The zero-order valence-electron chi connectivity index (χ0n) is 15.2. The summed E-state index contributed by atoms with van der Waals surface area (Å²) in [7, 11) is 0. The molecule has 2 amide bonds. The number of rotatable bonds is 9. The van der Waals surface area contributed by atoms with E-state index in [0.717, 1.165) is 0 Å². The minimum absolute atomic E-state index is 0.197. The summed E-state index contributed by atoms with van der Waals surface area (Å²) in [4.78, 5) is 35.7. The number of esters is 1. The Kier molecular flexibility index (Phi) is 7.42. The highest BCUT2D eigenvalue weighted by molar-refractivity contribution is 5.96. The number of carbonyl (C=O) groups is 3. The third-order valence-corrected chi connectivity index (χ3v) is 3.52. The van der Waals surface area contributed by atoms with Crippen LogP contribution in [-0.4, -0.2) is 37.0 Å². The Labute approximate surface area is 156 Å². The number of amides is 2. The van der Waals surface area contributed by atoms with Crippen LogP contribution in [0.25, 0.3) is 0 Å². The maximum absolute atomic E-state index is 12.0. The van der Waals surface area contributed by atoms with Gasteiger partial charge in [-0.2, -0.15) is 0 Å². The zero-order chi connectivity index (χ0) is 19.6. The van der Waals surface area contributed by atoms with Gasteiger partial charge in [0.1, 0.15) is 18.1 Å². The van der Waals surface area contributed by atoms with Crippen molar-refractivity contribution >= 4 is 17.8 Å². The van der Waals surface area contributed by atoms with E-state index in [1.807, 2.05) is 6.92 Å². The van der Waals surface area contributed by atoms with Crippen molar-refractivity contribution < 1.29 is 28.3 Å². The van der Waals surface area contributed by atoms with Crippen molar-refractivity contribution in [1.29, 1.82) is 0 Å². The molecular weight excluding hydrogens is 352 g/mol. The van der Waals surface area contributed by atoms with Gasteiger partial charge in [-0.15, -0.1) is 0 Å². The molecule has 2 rings (SSSR count). The van der Waals surface area contributed by atoms with Crippen molar-refractivity contribution in [3.63, 3.8) is 0 Å². The predicted octanol–water partition coefficient (Wildman–Crippen LogP) is 1.66. The second-order valence-electron chi connectivity index (χ2n) is 5.57. The molecule has 8 heteroatoms. The molecule has 27 heavy (non-hydrogen) atoms. The number of furan rings is 1. The molecule has 2 aromatic rings. The molecule has 0 radical (unpaired) electrons. The highest BCUT2D eigenvalue weighted by Crippen LogP contribution is 2.11. The molecule has 0 unspecified atom stereocenters. The number of nitrogens with one attached hydrogen (secondary N) is 2. The molecule has 2 N–H and O–H groups in total. The molecule has 1 aromatic heterocycles. The normalized spacial score (nSPS) is 11.3. The van der Waals surface area contributed by atoms with E-state index in [9.17, 15) is 14.4 Å². The molecule has 0 fully saturated rings. The van der Waals surface area contributed by atoms with Gasteiger partial charge >= 0.3 is 5.97 Å². The molecule has 0 saturated carbocycles. The Morgan fingerprint density at radius 3 is 2.48 bits per heavy atom. The SMILES string of the molecule is CCOc1ccc(C(=O)NCC(=O)O[C@@H](C)C(=O)NCc2ccco2)cc1. The molecule has 0 aliphatic carbocycles. The second-order valence-corrected chi connectivity index (χ2v) is 5.57. The van der Waals surface area contributed by atoms with Gasteiger partial charge in [0, 0.05) is 5.56 Å². The van der Waals surface area contributed by atoms with Crippen molar-refractivity contribution in [3.05, 3.63) is 54.0 Å². The molecule has 0 spiro atoms. The summed E-state index contributed by atoms with van der Waals surface area (Å²) in [6.45, 7) is 3.70. The molecule has 8 nitrogen and oxygen atoms in total. The fraction of sp³-hybridized carbons (Fsp3) is 0.316. The first-order valence-corrected chi connectivity index (χ1v) is 8.50. The van der Waals surface area contributed by atoms with Gasteiger partial charge in [-0.3, -0.25) is 14.4 Å². The standard InChI is InChI=1S/C19H22N2O6/c1-3-25-15-8-6-14(7-9-15)19(24)21-12-17(22)27-13(2)18(23)20-11-16-5-4-10-26-16/h4-10,13H,3,11-12H2,1-2H3,(H,20,23)(H,21,24)/t13-/m0/s1. The van der Waals surface area contributed by atoms with Gasteiger partial charge in [0.25, 0.3) is 11.8 Å². The highest BCUT2D eigenvalue weighted by atomic mass is 16.5. The first-order chi connectivity index (χ1) is 13.0. The maximum atomic E-state index is 12.0. The highest BCUT2D eigenvalue weighted by Gasteiger charge is 2.18. The largest absolute Gasteiger partial charge is 0.494 e. The van der Waals surface area contributed by atoms with E-state index in [4.69, 9.17) is 13.9 Å². The van der Waals surface area contributed by atoms with E-state index >= 15 is 0 Å². The van der Waals surface area contributed by atoms with Crippen molar-refractivity contribution in [1.82, 2.24) is 10.6 Å². The Morgan fingerprint density at radius 1 is 1.11 bits per heavy atom. The average molecular weight is 374 g/mol. The average Bonchev–Trinajstić information content (AvgIpc) is 3.18. The molecule has 144 valence electrons. The van der Waals surface area contributed by atoms with E-state index in [-0.39, 0.29) is 13.1 Å². The van der Waals surface area contributed by atoms with E-state index in [2.05, 4.69) is 10.6 Å². The Hall–Kier alpha value is -3.29. The van der Waals surface area contributed by atoms with Crippen molar-refractivity contribution in [2.75, 3.05) is 13.2 Å². The van der Waals surface area contributed by atoms with Crippen LogP contribution >= 0.6 is 0 Å². The van der Waals surface area contributed by atoms with Crippen LogP contribution in [-0.2, 0) is 20.9 Å². The van der Waals surface area contributed by atoms with Gasteiger partial charge in [0.05, 0.1) is 19.4 Å². The Balaban J connectivity index is 1.72. The fourth-order valence-corrected chi connectivity index (χ4v) is 2.15. The molecule has 0 aliphatic rings. The van der Waals surface area contributed by atoms with Gasteiger partial charge in [-0.25, -0.2) is 0 Å². The summed E-state index contributed by atoms with van der Waals surface area (Å²) >= 11 is 0. The van der Waals surface area contributed by atoms with E-state index in [0.29, 0.717) is 23.7 Å². The lowest BCUT2D eigenvalue weighted by atomic mass is 10.2. The lowest BCUT2D eigenvalue weighted by molar-refractivity contribution is -0.153. The molecule has 0 saturated heterocycles. The summed E-state index contributed by atoms with van der Waals surface area (Å²) in [6, 6.07) is 9.95. The zero-order valence-corrected chi connectivity index (χ0v) is 15.2. The van der Waals surface area contributed by atoms with Crippen LogP contribution in [0.1, 0.15) is 30.0 Å². The molecule has 0 bridgehead atoms. The van der Waals surface area contributed by atoms with Crippen LogP contribution in [0.15, 0.2) is 47.1 Å². The van der Waals surface area contributed by atoms with Crippen LogP contribution in [0.4, 0.5) is 0 Å². The van der Waals surface area contributed by atoms with Crippen LogP contribution in [0.2, 0.25) is 0 Å². The number of ether oxygens (including phenoxy) is 2. The predicted molar refractivity (Wildman–Crippen MR) is 96.1 cm³/mol. The van der Waals surface area contributed by atoms with Crippen LogP contribution < -0.4 is 15.4 Å². The Morgan fingerprint density at radius 2 is 1.85 bits per heavy atom. The smallest absolute Gasteiger partial charge is 0.326 e. The van der Waals surface area contributed by atoms with Gasteiger partial charge in [0.15, 0.2) is 6.10 Å². The topological polar surface area (TPSA) is 107 Å². The summed E-state index contributed by atoms with van der Waals surface area (Å²) in [5, 5.41) is 5.04. The van der Waals surface area contributed by atoms with Crippen molar-refractivity contribution in [2.45, 2.75) is 26.5 Å². The van der Waals surface area contributed by atoms with Gasteiger partial charge in [0.2, 0.25) is 0 Å². The summed E-state index contributed by atoms with van der Waals surface area (Å²) in [5.41, 5.74) is 0.385. The number of benzene rings is 1. The molecule has 1 aromatic carbocycles. The molecule has 0 aliphatic heterocycles. The van der Waals surface area contributed by atoms with Crippen molar-refractivity contribution in [3.8, 4) is 5.75 Å². The van der Waals surface area contributed by atoms with Gasteiger partial charge in [-0.1, -0.05) is 0 Å². The second kappa shape index (κ2) is 10.0. The minimum atomic E-state index is -0.991. The van der Waals surface area contributed by atoms with E-state index in [1.165, 1.54) is 13.2 Å². The lowest BCUT2D eigenvalue weighted by Crippen LogP contribution is -2.38. The third kappa shape index (κ3) is 6.50. The summed E-state index contributed by atoms with van der Waals surface area (Å²) in [5.74, 6) is -0.357. The molecular formula is C19H22N2O6. The van der Waals surface area contributed by atoms with Gasteiger partial charge < -0.3 is 24.5 Å². The summed E-state index contributed by atoms with van der Waals surface area (Å²) in [6.07, 6.45) is 0.507. The third-order valence-electron chi connectivity index (χ3n) is 3.52. The van der Waals surface area contributed by atoms with Crippen LogP contribution in [0, 0.1) is 0 Å². The van der Waals surface area contributed by atoms with Crippen molar-refractivity contribution in [2.24, 2.45) is 0 Å². The fourth-order valence-electron chi connectivity index (χ4n) is 2.15. The number of carbonyl (C=O) groups excluding carboxylic acids is 3. The van der Waals surface area contributed by atoms with E-state index < -0.39 is 23.9 Å². The number of hydrogen-bond donors (Lipinski definition) is 2. The molecule has 1 atom stereocenters. The van der Waals surface area contributed by atoms with Gasteiger partial charge in [-0.05, 0) is 50.2 Å². The lowest BCUT2D eigenvalue weighted by Gasteiger charge is -2.13.